The van der Waals surface area contributed by atoms with Gasteiger partial charge in [0.05, 0.1) is 0 Å². The number of rotatable bonds is 1. The summed E-state index contributed by atoms with van der Waals surface area (Å²) in [4.78, 5) is 11.1. The molecule has 3 atom stereocenters. The van der Waals surface area contributed by atoms with Gasteiger partial charge in [-0.05, 0) is 31.1 Å². The van der Waals surface area contributed by atoms with E-state index in [-0.39, 0.29) is 24.2 Å². The lowest BCUT2D eigenvalue weighted by molar-refractivity contribution is -0.123. The summed E-state index contributed by atoms with van der Waals surface area (Å²) in [5, 5.41) is 0. The van der Waals surface area contributed by atoms with Crippen LogP contribution in [0.4, 0.5) is 0 Å². The summed E-state index contributed by atoms with van der Waals surface area (Å²) in [5.41, 5.74) is 5.35. The number of halogens is 1. The van der Waals surface area contributed by atoms with Crippen LogP contribution in [-0.2, 0) is 4.79 Å². The van der Waals surface area contributed by atoms with Crippen LogP contribution >= 0.6 is 12.4 Å². The molecule has 0 aromatic rings. The molecule has 2 N–H and O–H groups in total. The summed E-state index contributed by atoms with van der Waals surface area (Å²) < 4.78 is 0. The van der Waals surface area contributed by atoms with Crippen molar-refractivity contribution in [3.63, 3.8) is 0 Å². The van der Waals surface area contributed by atoms with Crippen molar-refractivity contribution in [1.82, 2.24) is 0 Å². The molecule has 3 unspecified atom stereocenters. The second-order valence-electron chi connectivity index (χ2n) is 4.72. The standard InChI is InChI=1S/C11H19NO.ClH/c12-11(13)10-6-5-8-3-1-2-4-9(8)7-10;/h8-10H,1-7H2,(H2,12,13);1H. The van der Waals surface area contributed by atoms with Crippen molar-refractivity contribution >= 4 is 18.3 Å². The molecular formula is C11H20ClNO. The summed E-state index contributed by atoms with van der Waals surface area (Å²) in [6.07, 6.45) is 8.90. The molecule has 0 heterocycles. The number of amides is 1. The van der Waals surface area contributed by atoms with E-state index in [1.54, 1.807) is 0 Å². The van der Waals surface area contributed by atoms with Gasteiger partial charge in [0.1, 0.15) is 0 Å². The minimum atomic E-state index is -0.0657. The van der Waals surface area contributed by atoms with E-state index in [4.69, 9.17) is 5.73 Å². The molecule has 2 rings (SSSR count). The lowest BCUT2D eigenvalue weighted by Gasteiger charge is -2.38. The molecule has 0 bridgehead atoms. The van der Waals surface area contributed by atoms with Gasteiger partial charge >= 0.3 is 0 Å². The zero-order valence-corrected chi connectivity index (χ0v) is 9.39. The van der Waals surface area contributed by atoms with E-state index in [2.05, 4.69) is 0 Å². The summed E-state index contributed by atoms with van der Waals surface area (Å²) in [6, 6.07) is 0. The first-order valence-corrected chi connectivity index (χ1v) is 5.56. The van der Waals surface area contributed by atoms with Gasteiger partial charge in [-0.2, -0.15) is 0 Å². The lowest BCUT2D eigenvalue weighted by Crippen LogP contribution is -2.34. The molecule has 0 aliphatic heterocycles. The van der Waals surface area contributed by atoms with Crippen LogP contribution in [0.1, 0.15) is 44.9 Å². The zero-order chi connectivity index (χ0) is 9.26. The fraction of sp³-hybridized carbons (Fsp3) is 0.909. The highest BCUT2D eigenvalue weighted by molar-refractivity contribution is 5.85. The molecule has 3 heteroatoms. The van der Waals surface area contributed by atoms with Crippen molar-refractivity contribution in [2.24, 2.45) is 23.5 Å². The summed E-state index contributed by atoms with van der Waals surface area (Å²) in [5.74, 6) is 1.87. The third kappa shape index (κ3) is 2.41. The maximum atomic E-state index is 11.1. The molecule has 0 aromatic heterocycles. The monoisotopic (exact) mass is 217 g/mol. The highest BCUT2D eigenvalue weighted by atomic mass is 35.5. The van der Waals surface area contributed by atoms with Crippen LogP contribution in [0.25, 0.3) is 0 Å². The Kier molecular flexibility index (Phi) is 4.24. The first-order chi connectivity index (χ1) is 6.27. The molecule has 2 aliphatic carbocycles. The van der Waals surface area contributed by atoms with Gasteiger partial charge in [-0.15, -0.1) is 12.4 Å². The Morgan fingerprint density at radius 3 is 2.29 bits per heavy atom. The van der Waals surface area contributed by atoms with E-state index >= 15 is 0 Å². The maximum absolute atomic E-state index is 11.1. The van der Waals surface area contributed by atoms with Crippen molar-refractivity contribution in [2.45, 2.75) is 44.9 Å². The van der Waals surface area contributed by atoms with Gasteiger partial charge < -0.3 is 5.73 Å². The van der Waals surface area contributed by atoms with Crippen LogP contribution in [-0.4, -0.2) is 5.91 Å². The molecule has 2 fully saturated rings. The van der Waals surface area contributed by atoms with Gasteiger partial charge in [0, 0.05) is 5.92 Å². The van der Waals surface area contributed by atoms with Crippen LogP contribution in [0.2, 0.25) is 0 Å². The summed E-state index contributed by atoms with van der Waals surface area (Å²) >= 11 is 0. The Balaban J connectivity index is 0.000000980. The van der Waals surface area contributed by atoms with Crippen molar-refractivity contribution < 1.29 is 4.79 Å². The van der Waals surface area contributed by atoms with Crippen LogP contribution in [0.15, 0.2) is 0 Å². The van der Waals surface area contributed by atoms with Crippen LogP contribution in [0, 0.1) is 17.8 Å². The zero-order valence-electron chi connectivity index (χ0n) is 8.58. The molecule has 2 nitrogen and oxygen atoms in total. The van der Waals surface area contributed by atoms with E-state index in [1.807, 2.05) is 0 Å². The quantitative estimate of drug-likeness (QED) is 0.721. The summed E-state index contributed by atoms with van der Waals surface area (Å²) in [7, 11) is 0. The number of carbonyl (C=O) groups excluding carboxylic acids is 1. The highest BCUT2D eigenvalue weighted by Gasteiger charge is 2.33. The topological polar surface area (TPSA) is 43.1 Å². The minimum Gasteiger partial charge on any atom is -0.369 e. The van der Waals surface area contributed by atoms with Crippen molar-refractivity contribution in [3.8, 4) is 0 Å². The number of hydrogen-bond acceptors (Lipinski definition) is 1. The third-order valence-corrected chi connectivity index (χ3v) is 3.94. The number of nitrogens with two attached hydrogens (primary N) is 1. The van der Waals surface area contributed by atoms with Crippen LogP contribution in [0.3, 0.4) is 0 Å². The first-order valence-electron chi connectivity index (χ1n) is 5.56. The van der Waals surface area contributed by atoms with Gasteiger partial charge in [-0.3, -0.25) is 4.79 Å². The molecule has 2 aliphatic rings. The SMILES string of the molecule is Cl.NC(=O)C1CCC2CCCCC2C1. The lowest BCUT2D eigenvalue weighted by atomic mass is 9.67. The van der Waals surface area contributed by atoms with Gasteiger partial charge in [0.15, 0.2) is 0 Å². The van der Waals surface area contributed by atoms with Crippen molar-refractivity contribution in [1.29, 1.82) is 0 Å². The normalized spacial score (nSPS) is 36.7. The van der Waals surface area contributed by atoms with Gasteiger partial charge in [0.25, 0.3) is 0 Å². The van der Waals surface area contributed by atoms with E-state index in [0.717, 1.165) is 24.7 Å². The summed E-state index contributed by atoms with van der Waals surface area (Å²) in [6.45, 7) is 0. The highest BCUT2D eigenvalue weighted by Crippen LogP contribution is 2.42. The Morgan fingerprint density at radius 1 is 1.00 bits per heavy atom. The number of primary amides is 1. The van der Waals surface area contributed by atoms with Gasteiger partial charge in [0.2, 0.25) is 5.91 Å². The van der Waals surface area contributed by atoms with Crippen LogP contribution in [0.5, 0.6) is 0 Å². The smallest absolute Gasteiger partial charge is 0.220 e. The average Bonchev–Trinajstić information content (AvgIpc) is 2.17. The molecule has 0 aromatic carbocycles. The third-order valence-electron chi connectivity index (χ3n) is 3.94. The van der Waals surface area contributed by atoms with Crippen molar-refractivity contribution in [2.75, 3.05) is 0 Å². The molecule has 0 spiro atoms. The second-order valence-corrected chi connectivity index (χ2v) is 4.72. The Labute approximate surface area is 92.0 Å². The van der Waals surface area contributed by atoms with E-state index in [0.29, 0.717) is 0 Å². The second kappa shape index (κ2) is 5.01. The molecule has 1 amide bonds. The molecule has 82 valence electrons. The number of fused-ring (bicyclic) bond motifs is 1. The van der Waals surface area contributed by atoms with E-state index in [1.165, 1.54) is 32.1 Å². The number of carbonyl (C=O) groups is 1. The van der Waals surface area contributed by atoms with E-state index < -0.39 is 0 Å². The van der Waals surface area contributed by atoms with Crippen LogP contribution < -0.4 is 5.73 Å². The fourth-order valence-electron chi connectivity index (χ4n) is 3.13. The van der Waals surface area contributed by atoms with Crippen molar-refractivity contribution in [3.05, 3.63) is 0 Å². The average molecular weight is 218 g/mol. The maximum Gasteiger partial charge on any atom is 0.220 e. The van der Waals surface area contributed by atoms with Gasteiger partial charge in [-0.25, -0.2) is 0 Å². The molecule has 2 saturated carbocycles. The van der Waals surface area contributed by atoms with Gasteiger partial charge in [-0.1, -0.05) is 25.7 Å². The van der Waals surface area contributed by atoms with E-state index in [9.17, 15) is 4.79 Å². The Hall–Kier alpha value is -0.240. The number of hydrogen-bond donors (Lipinski definition) is 1. The Morgan fingerprint density at radius 2 is 1.64 bits per heavy atom. The molecular weight excluding hydrogens is 198 g/mol. The molecule has 0 radical (unpaired) electrons. The largest absolute Gasteiger partial charge is 0.369 e. The molecule has 0 saturated heterocycles. The first kappa shape index (κ1) is 11.8. The minimum absolute atomic E-state index is 0. The fourth-order valence-corrected chi connectivity index (χ4v) is 3.13. The predicted molar refractivity (Wildman–Crippen MR) is 59.2 cm³/mol. The molecule has 14 heavy (non-hydrogen) atoms. The predicted octanol–water partition coefficient (Wildman–Crippen LogP) is 2.50. The Bertz CT molecular complexity index is 207.